The maximum absolute atomic E-state index is 13.2. The number of amides is 3. The number of thiophene rings is 1. The van der Waals surface area contributed by atoms with E-state index in [1.54, 1.807) is 27.2 Å². The molecular weight excluding hydrogens is 346 g/mol. The van der Waals surface area contributed by atoms with E-state index in [2.05, 4.69) is 11.9 Å². The van der Waals surface area contributed by atoms with E-state index in [-0.39, 0.29) is 11.9 Å². The molecule has 1 unspecified atom stereocenters. The molecule has 1 aromatic heterocycles. The Kier molecular flexibility index (Phi) is 4.34. The van der Waals surface area contributed by atoms with Gasteiger partial charge in [-0.15, -0.1) is 6.58 Å². The molecule has 0 saturated heterocycles. The topological polar surface area (TPSA) is 52.7 Å². The average molecular weight is 365 g/mol. The summed E-state index contributed by atoms with van der Waals surface area (Å²) >= 11 is 1.56. The van der Waals surface area contributed by atoms with Crippen molar-refractivity contribution in [3.05, 3.63) is 82.2 Å². The number of nitrogens with zero attached hydrogens (tertiary/aromatic N) is 2. The van der Waals surface area contributed by atoms with Crippen molar-refractivity contribution in [3.8, 4) is 0 Å². The Hall–Kier alpha value is -2.86. The molecule has 3 heterocycles. The highest BCUT2D eigenvalue weighted by Crippen LogP contribution is 2.37. The van der Waals surface area contributed by atoms with Crippen molar-refractivity contribution in [1.82, 2.24) is 15.1 Å². The molecule has 132 valence electrons. The summed E-state index contributed by atoms with van der Waals surface area (Å²) in [6.45, 7) is 5.08. The molecule has 2 aromatic rings. The molecule has 0 fully saturated rings. The number of hydrogen-bond donors (Lipinski definition) is 1. The predicted octanol–water partition coefficient (Wildman–Crippen LogP) is 3.30. The summed E-state index contributed by atoms with van der Waals surface area (Å²) in [6, 6.07) is 11.3. The molecule has 0 bridgehead atoms. The van der Waals surface area contributed by atoms with Gasteiger partial charge in [-0.3, -0.25) is 9.69 Å². The van der Waals surface area contributed by atoms with Crippen molar-refractivity contribution >= 4 is 23.3 Å². The van der Waals surface area contributed by atoms with Gasteiger partial charge in [0, 0.05) is 13.1 Å². The molecule has 1 N–H and O–H groups in total. The fourth-order valence-corrected chi connectivity index (χ4v) is 4.18. The van der Waals surface area contributed by atoms with E-state index in [0.717, 1.165) is 16.8 Å². The van der Waals surface area contributed by atoms with Crippen molar-refractivity contribution in [2.45, 2.75) is 12.6 Å². The van der Waals surface area contributed by atoms with Gasteiger partial charge in [-0.05, 0) is 28.0 Å². The van der Waals surface area contributed by atoms with Crippen LogP contribution in [0.5, 0.6) is 0 Å². The zero-order valence-electron chi connectivity index (χ0n) is 14.2. The van der Waals surface area contributed by atoms with Crippen LogP contribution in [-0.2, 0) is 11.3 Å². The highest BCUT2D eigenvalue weighted by atomic mass is 32.1. The lowest BCUT2D eigenvalue weighted by atomic mass is 9.98. The first-order valence-corrected chi connectivity index (χ1v) is 9.40. The minimum absolute atomic E-state index is 0.0193. The lowest BCUT2D eigenvalue weighted by Crippen LogP contribution is -2.47. The van der Waals surface area contributed by atoms with Gasteiger partial charge in [0.15, 0.2) is 0 Å². The van der Waals surface area contributed by atoms with E-state index in [4.69, 9.17) is 0 Å². The largest absolute Gasteiger partial charge is 0.329 e. The Bertz CT molecular complexity index is 874. The molecule has 2 aliphatic heterocycles. The zero-order valence-corrected chi connectivity index (χ0v) is 15.0. The van der Waals surface area contributed by atoms with E-state index in [9.17, 15) is 9.59 Å². The Morgan fingerprint density at radius 3 is 2.73 bits per heavy atom. The second-order valence-corrected chi connectivity index (χ2v) is 7.13. The number of benzene rings is 1. The molecule has 1 aromatic carbocycles. The van der Waals surface area contributed by atoms with Crippen molar-refractivity contribution in [3.63, 3.8) is 0 Å². The summed E-state index contributed by atoms with van der Waals surface area (Å²) in [4.78, 5) is 29.2. The first-order chi connectivity index (χ1) is 12.7. The van der Waals surface area contributed by atoms with Crippen molar-refractivity contribution in [2.75, 3.05) is 13.1 Å². The highest BCUT2D eigenvalue weighted by Gasteiger charge is 2.43. The van der Waals surface area contributed by atoms with Crippen LogP contribution in [-0.4, -0.2) is 34.8 Å². The summed E-state index contributed by atoms with van der Waals surface area (Å²) in [5.41, 5.74) is 3.47. The Labute approximate surface area is 156 Å². The summed E-state index contributed by atoms with van der Waals surface area (Å²) in [7, 11) is 0. The van der Waals surface area contributed by atoms with E-state index in [0.29, 0.717) is 25.2 Å². The zero-order chi connectivity index (χ0) is 18.1. The van der Waals surface area contributed by atoms with Crippen LogP contribution in [0.25, 0.3) is 0 Å². The number of carbonyl (C=O) groups excluding carboxylic acids is 2. The smallest absolute Gasteiger partial charge is 0.322 e. The van der Waals surface area contributed by atoms with Gasteiger partial charge >= 0.3 is 6.03 Å². The minimum Gasteiger partial charge on any atom is -0.329 e. The number of hydrogen-bond acceptors (Lipinski definition) is 3. The predicted molar refractivity (Wildman–Crippen MR) is 101 cm³/mol. The molecule has 5 nitrogen and oxygen atoms in total. The number of nitrogens with one attached hydrogen (secondary N) is 1. The van der Waals surface area contributed by atoms with Crippen LogP contribution in [0.4, 0.5) is 4.79 Å². The second kappa shape index (κ2) is 6.80. The quantitative estimate of drug-likeness (QED) is 0.827. The van der Waals surface area contributed by atoms with Gasteiger partial charge in [0.1, 0.15) is 0 Å². The first kappa shape index (κ1) is 16.6. The molecule has 0 spiro atoms. The van der Waals surface area contributed by atoms with Gasteiger partial charge < -0.3 is 10.2 Å². The fourth-order valence-electron chi connectivity index (χ4n) is 3.49. The lowest BCUT2D eigenvalue weighted by Gasteiger charge is -2.32. The van der Waals surface area contributed by atoms with Crippen LogP contribution in [0.2, 0.25) is 0 Å². The van der Waals surface area contributed by atoms with Gasteiger partial charge in [-0.1, -0.05) is 36.4 Å². The number of rotatable bonds is 5. The van der Waals surface area contributed by atoms with Crippen molar-refractivity contribution in [2.24, 2.45) is 0 Å². The van der Waals surface area contributed by atoms with Crippen LogP contribution in [0, 0.1) is 0 Å². The van der Waals surface area contributed by atoms with Crippen LogP contribution >= 0.6 is 11.3 Å². The van der Waals surface area contributed by atoms with Crippen LogP contribution in [0.15, 0.2) is 71.1 Å². The van der Waals surface area contributed by atoms with Crippen molar-refractivity contribution in [1.29, 1.82) is 0 Å². The summed E-state index contributed by atoms with van der Waals surface area (Å²) in [5.74, 6) is -0.0193. The van der Waals surface area contributed by atoms with Gasteiger partial charge in [-0.25, -0.2) is 4.79 Å². The number of carbonyl (C=O) groups is 2. The third-order valence-electron chi connectivity index (χ3n) is 4.70. The van der Waals surface area contributed by atoms with Gasteiger partial charge in [0.05, 0.1) is 23.9 Å². The average Bonchev–Trinajstić information content (AvgIpc) is 3.28. The van der Waals surface area contributed by atoms with E-state index < -0.39 is 6.04 Å². The van der Waals surface area contributed by atoms with E-state index >= 15 is 0 Å². The summed E-state index contributed by atoms with van der Waals surface area (Å²) < 4.78 is 0. The van der Waals surface area contributed by atoms with E-state index in [1.165, 1.54) is 0 Å². The molecule has 0 saturated carbocycles. The van der Waals surface area contributed by atoms with Gasteiger partial charge in [0.2, 0.25) is 0 Å². The van der Waals surface area contributed by atoms with Crippen LogP contribution < -0.4 is 5.32 Å². The van der Waals surface area contributed by atoms with Crippen molar-refractivity contribution < 1.29 is 9.59 Å². The van der Waals surface area contributed by atoms with Crippen LogP contribution in [0.1, 0.15) is 17.2 Å². The maximum Gasteiger partial charge on any atom is 0.322 e. The molecule has 26 heavy (non-hydrogen) atoms. The SMILES string of the molecule is C=CCN1C(=O)NC(c2ccsc2)C2=C1CN(Cc1ccccc1)C2=O. The van der Waals surface area contributed by atoms with Gasteiger partial charge in [-0.2, -0.15) is 11.3 Å². The standard InChI is InChI=1S/C20H19N3O2S/c1-2-9-23-16-12-22(11-14-6-4-3-5-7-14)19(24)17(16)18(21-20(23)25)15-8-10-26-13-15/h2-8,10,13,18H,1,9,11-12H2,(H,21,25). The molecule has 2 aliphatic rings. The molecule has 4 rings (SSSR count). The maximum atomic E-state index is 13.2. The lowest BCUT2D eigenvalue weighted by molar-refractivity contribution is -0.126. The Morgan fingerprint density at radius 2 is 2.04 bits per heavy atom. The monoisotopic (exact) mass is 365 g/mol. The Balaban J connectivity index is 1.69. The van der Waals surface area contributed by atoms with E-state index in [1.807, 2.05) is 47.2 Å². The Morgan fingerprint density at radius 1 is 1.23 bits per heavy atom. The molecular formula is C20H19N3O2S. The molecule has 1 atom stereocenters. The minimum atomic E-state index is -0.391. The van der Waals surface area contributed by atoms with Crippen LogP contribution in [0.3, 0.4) is 0 Å². The first-order valence-electron chi connectivity index (χ1n) is 8.46. The summed E-state index contributed by atoms with van der Waals surface area (Å²) in [6.07, 6.45) is 1.68. The normalized spacial score (nSPS) is 19.6. The molecule has 3 amide bonds. The van der Waals surface area contributed by atoms with Gasteiger partial charge in [0.25, 0.3) is 5.91 Å². The molecule has 0 aliphatic carbocycles. The molecule has 0 radical (unpaired) electrons. The fraction of sp³-hybridized carbons (Fsp3) is 0.200. The highest BCUT2D eigenvalue weighted by molar-refractivity contribution is 7.08. The summed E-state index contributed by atoms with van der Waals surface area (Å²) in [5, 5.41) is 6.92. The third-order valence-corrected chi connectivity index (χ3v) is 5.40. The third kappa shape index (κ3) is 2.82. The molecule has 6 heteroatoms. The number of urea groups is 1. The second-order valence-electron chi connectivity index (χ2n) is 6.35.